The summed E-state index contributed by atoms with van der Waals surface area (Å²) in [6.45, 7) is 8.73. The van der Waals surface area contributed by atoms with Crippen LogP contribution in [-0.4, -0.2) is 11.2 Å². The fourth-order valence-corrected chi connectivity index (χ4v) is 3.20. The van der Waals surface area contributed by atoms with E-state index in [0.717, 1.165) is 44.9 Å². The van der Waals surface area contributed by atoms with E-state index in [1.54, 1.807) is 0 Å². The number of hydrogen-bond acceptors (Lipinski definition) is 1. The normalized spacial score (nSPS) is 27.8. The van der Waals surface area contributed by atoms with Gasteiger partial charge in [0.2, 0.25) is 0 Å². The molecule has 0 aliphatic heterocycles. The smallest absolute Gasteiger partial charge is 0.0809 e. The van der Waals surface area contributed by atoms with Crippen molar-refractivity contribution in [2.45, 2.75) is 78.7 Å². The minimum absolute atomic E-state index is 0.102. The van der Waals surface area contributed by atoms with Crippen molar-refractivity contribution in [2.75, 3.05) is 0 Å². The molecular formula is C17H30O. The van der Waals surface area contributed by atoms with E-state index in [0.29, 0.717) is 0 Å². The van der Waals surface area contributed by atoms with Gasteiger partial charge in [0.25, 0.3) is 0 Å². The lowest BCUT2D eigenvalue weighted by atomic mass is 9.66. The molecule has 0 amide bonds. The first-order chi connectivity index (χ1) is 8.55. The monoisotopic (exact) mass is 250 g/mol. The third kappa shape index (κ3) is 3.71. The average Bonchev–Trinajstić information content (AvgIpc) is 2.33. The summed E-state index contributed by atoms with van der Waals surface area (Å²) in [4.78, 5) is 0. The van der Waals surface area contributed by atoms with Gasteiger partial charge in [-0.15, -0.1) is 0 Å². The SMILES string of the molecule is CCCC1=CCCC(CC=C(C)C)(CCC)C1O. The third-order valence-electron chi connectivity index (χ3n) is 4.18. The molecule has 104 valence electrons. The predicted molar refractivity (Wildman–Crippen MR) is 79.6 cm³/mol. The first kappa shape index (κ1) is 15.5. The van der Waals surface area contributed by atoms with Crippen molar-refractivity contribution < 1.29 is 5.11 Å². The van der Waals surface area contributed by atoms with Crippen LogP contribution in [0.15, 0.2) is 23.3 Å². The maximum Gasteiger partial charge on any atom is 0.0809 e. The zero-order valence-corrected chi connectivity index (χ0v) is 12.6. The highest BCUT2D eigenvalue weighted by molar-refractivity contribution is 5.19. The topological polar surface area (TPSA) is 20.2 Å². The molecule has 0 saturated carbocycles. The van der Waals surface area contributed by atoms with Crippen LogP contribution in [0.4, 0.5) is 0 Å². The van der Waals surface area contributed by atoms with Crippen LogP contribution in [0.3, 0.4) is 0 Å². The van der Waals surface area contributed by atoms with Gasteiger partial charge in [0.1, 0.15) is 0 Å². The molecule has 0 aromatic carbocycles. The van der Waals surface area contributed by atoms with Gasteiger partial charge in [0.05, 0.1) is 6.10 Å². The Hall–Kier alpha value is -0.560. The molecule has 0 bridgehead atoms. The van der Waals surface area contributed by atoms with E-state index in [9.17, 15) is 5.11 Å². The second-order valence-corrected chi connectivity index (χ2v) is 6.07. The molecule has 2 atom stereocenters. The van der Waals surface area contributed by atoms with Gasteiger partial charge < -0.3 is 5.11 Å². The number of rotatable bonds is 6. The minimum Gasteiger partial charge on any atom is -0.388 e. The van der Waals surface area contributed by atoms with Gasteiger partial charge in [-0.3, -0.25) is 0 Å². The molecule has 1 aliphatic rings. The molecule has 1 nitrogen and oxygen atoms in total. The van der Waals surface area contributed by atoms with E-state index < -0.39 is 0 Å². The summed E-state index contributed by atoms with van der Waals surface area (Å²) in [6.07, 6.45) is 12.2. The first-order valence-corrected chi connectivity index (χ1v) is 7.56. The van der Waals surface area contributed by atoms with Crippen molar-refractivity contribution in [3.63, 3.8) is 0 Å². The molecule has 0 spiro atoms. The zero-order chi connectivity index (χ0) is 13.6. The lowest BCUT2D eigenvalue weighted by molar-refractivity contribution is 0.0290. The summed E-state index contributed by atoms with van der Waals surface area (Å²) >= 11 is 0. The quantitative estimate of drug-likeness (QED) is 0.657. The van der Waals surface area contributed by atoms with E-state index in [4.69, 9.17) is 0 Å². The fourth-order valence-electron chi connectivity index (χ4n) is 3.20. The van der Waals surface area contributed by atoms with Crippen molar-refractivity contribution in [1.82, 2.24) is 0 Å². The number of aliphatic hydroxyl groups excluding tert-OH is 1. The molecule has 0 aromatic rings. The summed E-state index contributed by atoms with van der Waals surface area (Å²) in [5, 5.41) is 10.8. The minimum atomic E-state index is -0.221. The van der Waals surface area contributed by atoms with Crippen molar-refractivity contribution >= 4 is 0 Å². The van der Waals surface area contributed by atoms with E-state index >= 15 is 0 Å². The van der Waals surface area contributed by atoms with E-state index in [1.807, 2.05) is 0 Å². The summed E-state index contributed by atoms with van der Waals surface area (Å²) in [5.74, 6) is 0. The maximum absolute atomic E-state index is 10.8. The first-order valence-electron chi connectivity index (χ1n) is 7.56. The number of hydrogen-bond donors (Lipinski definition) is 1. The number of allylic oxidation sites excluding steroid dienone is 3. The molecule has 1 rings (SSSR count). The Morgan fingerprint density at radius 2 is 2.11 bits per heavy atom. The maximum atomic E-state index is 10.8. The summed E-state index contributed by atoms with van der Waals surface area (Å²) in [7, 11) is 0. The highest BCUT2D eigenvalue weighted by Gasteiger charge is 2.39. The van der Waals surface area contributed by atoms with Crippen LogP contribution < -0.4 is 0 Å². The molecular weight excluding hydrogens is 220 g/mol. The van der Waals surface area contributed by atoms with Crippen LogP contribution in [0.1, 0.15) is 72.6 Å². The van der Waals surface area contributed by atoms with Crippen molar-refractivity contribution in [2.24, 2.45) is 5.41 Å². The van der Waals surface area contributed by atoms with Crippen molar-refractivity contribution in [3.8, 4) is 0 Å². The Bertz CT molecular complexity index is 310. The Kier molecular flexibility index (Phi) is 6.14. The molecule has 0 heterocycles. The Balaban J connectivity index is 2.89. The van der Waals surface area contributed by atoms with E-state index in [-0.39, 0.29) is 11.5 Å². The molecule has 18 heavy (non-hydrogen) atoms. The van der Waals surface area contributed by atoms with Gasteiger partial charge in [-0.05, 0) is 51.5 Å². The summed E-state index contributed by atoms with van der Waals surface area (Å²) in [6, 6.07) is 0. The van der Waals surface area contributed by atoms with Gasteiger partial charge in [-0.1, -0.05) is 44.4 Å². The largest absolute Gasteiger partial charge is 0.388 e. The zero-order valence-electron chi connectivity index (χ0n) is 12.6. The Morgan fingerprint density at radius 1 is 1.39 bits per heavy atom. The summed E-state index contributed by atoms with van der Waals surface area (Å²) in [5.41, 5.74) is 2.76. The van der Waals surface area contributed by atoms with Crippen molar-refractivity contribution in [1.29, 1.82) is 0 Å². The van der Waals surface area contributed by atoms with Gasteiger partial charge in [-0.2, -0.15) is 0 Å². The molecule has 1 aliphatic carbocycles. The van der Waals surface area contributed by atoms with Crippen molar-refractivity contribution in [3.05, 3.63) is 23.3 Å². The van der Waals surface area contributed by atoms with Crippen LogP contribution in [-0.2, 0) is 0 Å². The highest BCUT2D eigenvalue weighted by Crippen LogP contribution is 2.44. The average molecular weight is 250 g/mol. The second-order valence-electron chi connectivity index (χ2n) is 6.07. The highest BCUT2D eigenvalue weighted by atomic mass is 16.3. The number of aliphatic hydroxyl groups is 1. The van der Waals surface area contributed by atoms with Gasteiger partial charge in [0.15, 0.2) is 0 Å². The van der Waals surface area contributed by atoms with Gasteiger partial charge in [-0.25, -0.2) is 0 Å². The van der Waals surface area contributed by atoms with Gasteiger partial charge >= 0.3 is 0 Å². The fraction of sp³-hybridized carbons (Fsp3) is 0.765. The van der Waals surface area contributed by atoms with Crippen LogP contribution in [0.25, 0.3) is 0 Å². The van der Waals surface area contributed by atoms with Crippen LogP contribution in [0.5, 0.6) is 0 Å². The molecule has 0 radical (unpaired) electrons. The lowest BCUT2D eigenvalue weighted by Crippen LogP contribution is -2.38. The van der Waals surface area contributed by atoms with Gasteiger partial charge in [0, 0.05) is 5.41 Å². The molecule has 1 heteroatoms. The van der Waals surface area contributed by atoms with Crippen LogP contribution in [0.2, 0.25) is 0 Å². The Morgan fingerprint density at radius 3 is 2.67 bits per heavy atom. The van der Waals surface area contributed by atoms with Crippen LogP contribution >= 0.6 is 0 Å². The molecule has 2 unspecified atom stereocenters. The molecule has 0 fully saturated rings. The van der Waals surface area contributed by atoms with Crippen LogP contribution in [0, 0.1) is 5.41 Å². The molecule has 0 saturated heterocycles. The Labute approximate surface area is 113 Å². The van der Waals surface area contributed by atoms with E-state index in [1.165, 1.54) is 11.1 Å². The molecule has 1 N–H and O–H groups in total. The summed E-state index contributed by atoms with van der Waals surface area (Å²) < 4.78 is 0. The second kappa shape index (κ2) is 7.13. The van der Waals surface area contributed by atoms with E-state index in [2.05, 4.69) is 39.8 Å². The molecule has 0 aromatic heterocycles. The standard InChI is InChI=1S/C17H30O/c1-5-8-15-9-7-12-17(11-6-2,16(15)18)13-10-14(3)4/h9-10,16,18H,5-8,11-13H2,1-4H3. The third-order valence-corrected chi connectivity index (χ3v) is 4.18. The predicted octanol–water partition coefficient (Wildman–Crippen LogP) is 5.01. The lowest BCUT2D eigenvalue weighted by Gasteiger charge is -2.42.